The average molecular weight is 349 g/mol. The van der Waals surface area contributed by atoms with Gasteiger partial charge >= 0.3 is 0 Å². The fourth-order valence-electron chi connectivity index (χ4n) is 2.64. The molecule has 0 atom stereocenters. The van der Waals surface area contributed by atoms with Crippen LogP contribution < -0.4 is 10.9 Å². The Morgan fingerprint density at radius 1 is 1.08 bits per heavy atom. The zero-order chi connectivity index (χ0) is 16.1. The molecule has 2 aromatic rings. The highest BCUT2D eigenvalue weighted by atomic mass is 35.5. The van der Waals surface area contributed by atoms with Crippen LogP contribution in [0.2, 0.25) is 0 Å². The lowest BCUT2D eigenvalue weighted by Crippen LogP contribution is -2.36. The fourth-order valence-corrected chi connectivity index (χ4v) is 2.64. The van der Waals surface area contributed by atoms with E-state index in [9.17, 15) is 9.59 Å². The number of hydrogen-bond donors (Lipinski definition) is 1. The van der Waals surface area contributed by atoms with Crippen molar-refractivity contribution >= 4 is 18.3 Å². The summed E-state index contributed by atoms with van der Waals surface area (Å²) >= 11 is 0. The topological polar surface area (TPSA) is 67.2 Å². The first-order valence-corrected chi connectivity index (χ1v) is 7.86. The Morgan fingerprint density at radius 2 is 1.88 bits per heavy atom. The van der Waals surface area contributed by atoms with Crippen LogP contribution in [0.4, 0.5) is 0 Å². The minimum Gasteiger partial charge on any atom is -0.336 e. The quantitative estimate of drug-likeness (QED) is 0.903. The lowest BCUT2D eigenvalue weighted by molar-refractivity contribution is 0.0757. The molecule has 1 saturated heterocycles. The lowest BCUT2D eigenvalue weighted by atomic mass is 10.2. The lowest BCUT2D eigenvalue weighted by Gasteiger charge is -2.19. The number of halogens is 1. The van der Waals surface area contributed by atoms with Crippen molar-refractivity contribution in [1.29, 1.82) is 0 Å². The summed E-state index contributed by atoms with van der Waals surface area (Å²) in [5.74, 6) is -0.115. The highest BCUT2D eigenvalue weighted by Gasteiger charge is 2.19. The van der Waals surface area contributed by atoms with Gasteiger partial charge < -0.3 is 10.2 Å². The Bertz CT molecular complexity index is 725. The SMILES string of the molecule is Cl.O=C(c1ccc(=O)n(Cc2ccccc2)n1)N1CCCNCC1. The maximum absolute atomic E-state index is 12.6. The number of rotatable bonds is 3. The molecule has 1 aromatic heterocycles. The zero-order valence-electron chi connectivity index (χ0n) is 13.4. The molecule has 1 aliphatic rings. The van der Waals surface area contributed by atoms with Gasteiger partial charge in [0.15, 0.2) is 0 Å². The van der Waals surface area contributed by atoms with E-state index in [1.54, 1.807) is 4.90 Å². The smallest absolute Gasteiger partial charge is 0.274 e. The molecule has 128 valence electrons. The summed E-state index contributed by atoms with van der Waals surface area (Å²) in [6.45, 7) is 3.45. The second-order valence-electron chi connectivity index (χ2n) is 5.60. The molecule has 0 saturated carbocycles. The third-order valence-corrected chi connectivity index (χ3v) is 3.89. The molecule has 0 bridgehead atoms. The number of aromatic nitrogens is 2. The summed E-state index contributed by atoms with van der Waals surface area (Å²) in [6, 6.07) is 12.6. The Morgan fingerprint density at radius 3 is 2.67 bits per heavy atom. The van der Waals surface area contributed by atoms with Crippen LogP contribution in [0.5, 0.6) is 0 Å². The standard InChI is InChI=1S/C17H20N4O2.ClH/c22-16-8-7-15(17(23)20-11-4-9-18-10-12-20)19-21(16)13-14-5-2-1-3-6-14;/h1-3,5-8,18H,4,9-13H2;1H. The number of nitrogens with zero attached hydrogens (tertiary/aromatic N) is 3. The number of carbonyl (C=O) groups excluding carboxylic acids is 1. The molecule has 24 heavy (non-hydrogen) atoms. The molecular weight excluding hydrogens is 328 g/mol. The first kappa shape index (κ1) is 18.2. The highest BCUT2D eigenvalue weighted by Crippen LogP contribution is 2.04. The number of amides is 1. The van der Waals surface area contributed by atoms with E-state index in [2.05, 4.69) is 10.4 Å². The van der Waals surface area contributed by atoms with E-state index in [0.29, 0.717) is 25.3 Å². The van der Waals surface area contributed by atoms with Crippen molar-refractivity contribution in [3.63, 3.8) is 0 Å². The molecule has 1 aliphatic heterocycles. The van der Waals surface area contributed by atoms with Crippen LogP contribution in [0, 0.1) is 0 Å². The summed E-state index contributed by atoms with van der Waals surface area (Å²) in [7, 11) is 0. The third kappa shape index (κ3) is 4.43. The molecule has 1 amide bonds. The van der Waals surface area contributed by atoms with E-state index < -0.39 is 0 Å². The van der Waals surface area contributed by atoms with Gasteiger partial charge in [-0.05, 0) is 24.6 Å². The fraction of sp³-hybridized carbons (Fsp3) is 0.353. The molecule has 0 aliphatic carbocycles. The number of benzene rings is 1. The molecule has 0 spiro atoms. The van der Waals surface area contributed by atoms with Gasteiger partial charge in [0.1, 0.15) is 5.69 Å². The molecule has 0 unspecified atom stereocenters. The van der Waals surface area contributed by atoms with E-state index in [1.165, 1.54) is 16.8 Å². The summed E-state index contributed by atoms with van der Waals surface area (Å²) in [5, 5.41) is 7.53. The first-order valence-electron chi connectivity index (χ1n) is 7.86. The zero-order valence-corrected chi connectivity index (χ0v) is 14.2. The van der Waals surface area contributed by atoms with E-state index in [4.69, 9.17) is 0 Å². The van der Waals surface area contributed by atoms with Crippen molar-refractivity contribution in [1.82, 2.24) is 20.0 Å². The summed E-state index contributed by atoms with van der Waals surface area (Å²) in [6.07, 6.45) is 0.926. The summed E-state index contributed by atoms with van der Waals surface area (Å²) in [5.41, 5.74) is 1.09. The molecule has 1 N–H and O–H groups in total. The Balaban J connectivity index is 0.00000208. The number of carbonyl (C=O) groups is 1. The Kier molecular flexibility index (Phi) is 6.52. The van der Waals surface area contributed by atoms with Gasteiger partial charge in [0.05, 0.1) is 6.54 Å². The van der Waals surface area contributed by atoms with Crippen molar-refractivity contribution in [2.75, 3.05) is 26.2 Å². The molecule has 2 heterocycles. The van der Waals surface area contributed by atoms with Crippen LogP contribution in [0.15, 0.2) is 47.3 Å². The van der Waals surface area contributed by atoms with Crippen molar-refractivity contribution < 1.29 is 4.79 Å². The van der Waals surface area contributed by atoms with Crippen molar-refractivity contribution in [2.24, 2.45) is 0 Å². The van der Waals surface area contributed by atoms with Gasteiger partial charge in [-0.15, -0.1) is 12.4 Å². The highest BCUT2D eigenvalue weighted by molar-refractivity contribution is 5.92. The van der Waals surface area contributed by atoms with Gasteiger partial charge in [0, 0.05) is 25.7 Å². The first-order chi connectivity index (χ1) is 11.2. The largest absolute Gasteiger partial charge is 0.336 e. The maximum Gasteiger partial charge on any atom is 0.274 e. The van der Waals surface area contributed by atoms with Crippen LogP contribution in [-0.2, 0) is 6.54 Å². The third-order valence-electron chi connectivity index (χ3n) is 3.89. The Labute approximate surface area is 146 Å². The molecule has 7 heteroatoms. The molecule has 3 rings (SSSR count). The normalized spacial score (nSPS) is 14.6. The van der Waals surface area contributed by atoms with E-state index in [-0.39, 0.29) is 23.9 Å². The monoisotopic (exact) mass is 348 g/mol. The van der Waals surface area contributed by atoms with Crippen molar-refractivity contribution in [3.05, 3.63) is 64.1 Å². The van der Waals surface area contributed by atoms with Crippen molar-refractivity contribution in [3.8, 4) is 0 Å². The van der Waals surface area contributed by atoms with Crippen LogP contribution in [0.3, 0.4) is 0 Å². The van der Waals surface area contributed by atoms with Gasteiger partial charge in [0.25, 0.3) is 11.5 Å². The molecule has 0 radical (unpaired) electrons. The molecule has 1 aromatic carbocycles. The van der Waals surface area contributed by atoms with Gasteiger partial charge in [0.2, 0.25) is 0 Å². The second kappa shape index (κ2) is 8.61. The minimum absolute atomic E-state index is 0. The average Bonchev–Trinajstić information content (AvgIpc) is 2.86. The molecule has 6 nitrogen and oxygen atoms in total. The van der Waals surface area contributed by atoms with E-state index in [0.717, 1.165) is 25.1 Å². The van der Waals surface area contributed by atoms with Gasteiger partial charge in [-0.25, -0.2) is 4.68 Å². The van der Waals surface area contributed by atoms with E-state index in [1.807, 2.05) is 30.3 Å². The van der Waals surface area contributed by atoms with Crippen LogP contribution in [0.1, 0.15) is 22.5 Å². The number of nitrogens with one attached hydrogen (secondary N) is 1. The predicted octanol–water partition coefficient (Wildman–Crippen LogP) is 1.15. The molecular formula is C17H21ClN4O2. The van der Waals surface area contributed by atoms with Crippen LogP contribution in [-0.4, -0.2) is 46.8 Å². The van der Waals surface area contributed by atoms with Crippen molar-refractivity contribution in [2.45, 2.75) is 13.0 Å². The maximum atomic E-state index is 12.6. The molecule has 1 fully saturated rings. The second-order valence-corrected chi connectivity index (χ2v) is 5.60. The van der Waals surface area contributed by atoms with Crippen LogP contribution >= 0.6 is 12.4 Å². The van der Waals surface area contributed by atoms with Gasteiger partial charge in [-0.1, -0.05) is 30.3 Å². The van der Waals surface area contributed by atoms with Gasteiger partial charge in [-0.3, -0.25) is 9.59 Å². The Hall–Kier alpha value is -2.18. The van der Waals surface area contributed by atoms with Gasteiger partial charge in [-0.2, -0.15) is 5.10 Å². The van der Waals surface area contributed by atoms with Crippen LogP contribution in [0.25, 0.3) is 0 Å². The summed E-state index contributed by atoms with van der Waals surface area (Å²) < 4.78 is 1.35. The minimum atomic E-state index is -0.206. The predicted molar refractivity (Wildman–Crippen MR) is 94.7 cm³/mol. The number of hydrogen-bond acceptors (Lipinski definition) is 4. The van der Waals surface area contributed by atoms with E-state index >= 15 is 0 Å². The summed E-state index contributed by atoms with van der Waals surface area (Å²) in [4.78, 5) is 26.4.